The molecule has 116 valence electrons. The number of carbonyl (C=O) groups excluding carboxylic acids is 2. The fourth-order valence-corrected chi connectivity index (χ4v) is 1.94. The number of hydrogen-bond acceptors (Lipinski definition) is 2. The lowest BCUT2D eigenvalue weighted by Gasteiger charge is -2.27. The second-order valence-corrected chi connectivity index (χ2v) is 4.58. The number of rotatable bonds is 4. The molecule has 0 spiro atoms. The monoisotopic (exact) mass is 322 g/mol. The second kappa shape index (κ2) is 6.80. The molecule has 0 saturated heterocycles. The molecule has 1 aromatic rings. The van der Waals surface area contributed by atoms with Crippen molar-refractivity contribution in [3.05, 3.63) is 29.3 Å². The van der Waals surface area contributed by atoms with Crippen LogP contribution >= 0.6 is 11.6 Å². The highest BCUT2D eigenvalue weighted by molar-refractivity contribution is 6.29. The number of nitrogens with zero attached hydrogens (tertiary/aromatic N) is 1. The molecule has 0 heterocycles. The van der Waals surface area contributed by atoms with E-state index in [0.717, 1.165) is 11.0 Å². The molecule has 0 unspecified atom stereocenters. The smallest absolute Gasteiger partial charge is 0.338 e. The molecule has 0 aliphatic rings. The molecule has 0 aromatic heterocycles. The minimum atomic E-state index is -4.62. The number of anilines is 1. The first-order chi connectivity index (χ1) is 9.68. The van der Waals surface area contributed by atoms with E-state index in [1.54, 1.807) is 0 Å². The van der Waals surface area contributed by atoms with Gasteiger partial charge in [0, 0.05) is 6.92 Å². The Morgan fingerprint density at radius 3 is 2.43 bits per heavy atom. The zero-order valence-corrected chi connectivity index (χ0v) is 12.2. The third-order valence-electron chi connectivity index (χ3n) is 2.71. The fraction of sp³-hybridized carbons (Fsp3) is 0.385. The number of para-hydroxylation sites is 1. The lowest BCUT2D eigenvalue weighted by molar-refractivity contribution is -0.137. The van der Waals surface area contributed by atoms with Gasteiger partial charge in [0.15, 0.2) is 0 Å². The van der Waals surface area contributed by atoms with Gasteiger partial charge >= 0.3 is 6.18 Å². The summed E-state index contributed by atoms with van der Waals surface area (Å²) in [5.41, 5.74) is -0.996. The molecule has 0 atom stereocenters. The molecule has 0 bridgehead atoms. The van der Waals surface area contributed by atoms with Crippen molar-refractivity contribution in [2.75, 3.05) is 17.4 Å². The summed E-state index contributed by atoms with van der Waals surface area (Å²) in [5, 5.41) is 2.31. The number of aryl methyl sites for hydroxylation is 1. The molecule has 0 saturated carbocycles. The van der Waals surface area contributed by atoms with Crippen LogP contribution in [-0.4, -0.2) is 24.4 Å². The Morgan fingerprint density at radius 2 is 1.95 bits per heavy atom. The number of carbonyl (C=O) groups is 2. The summed E-state index contributed by atoms with van der Waals surface area (Å²) in [6.45, 7) is 2.27. The first-order valence-corrected chi connectivity index (χ1v) is 6.49. The van der Waals surface area contributed by atoms with E-state index in [0.29, 0.717) is 0 Å². The Labute approximate surface area is 124 Å². The molecular weight excluding hydrogens is 309 g/mol. The van der Waals surface area contributed by atoms with Gasteiger partial charge < -0.3 is 5.32 Å². The molecule has 4 nitrogen and oxygen atoms in total. The molecule has 8 heteroatoms. The molecule has 0 aliphatic heterocycles. The Kier molecular flexibility index (Phi) is 5.60. The van der Waals surface area contributed by atoms with Crippen molar-refractivity contribution in [3.63, 3.8) is 0 Å². The summed E-state index contributed by atoms with van der Waals surface area (Å²) < 4.78 is 39.3. The maximum atomic E-state index is 13.1. The average Bonchev–Trinajstić information content (AvgIpc) is 2.38. The SMILES string of the molecule is CC(=O)NCN(C(=O)CCl)c1c(C)cccc1C(F)(F)F. The van der Waals surface area contributed by atoms with Crippen LogP contribution in [0.1, 0.15) is 18.1 Å². The van der Waals surface area contributed by atoms with Crippen LogP contribution < -0.4 is 10.2 Å². The van der Waals surface area contributed by atoms with Crippen molar-refractivity contribution in [2.45, 2.75) is 20.0 Å². The van der Waals surface area contributed by atoms with E-state index in [9.17, 15) is 22.8 Å². The van der Waals surface area contributed by atoms with Crippen molar-refractivity contribution >= 4 is 29.1 Å². The summed E-state index contributed by atoms with van der Waals surface area (Å²) >= 11 is 5.45. The van der Waals surface area contributed by atoms with Gasteiger partial charge in [-0.3, -0.25) is 14.5 Å². The maximum absolute atomic E-state index is 13.1. The van der Waals surface area contributed by atoms with Crippen LogP contribution in [0, 0.1) is 6.92 Å². The standard InChI is InChI=1S/C13H14ClF3N2O2/c1-8-4-3-5-10(13(15,16)17)12(8)19(11(21)6-14)7-18-9(2)20/h3-5H,6-7H2,1-2H3,(H,18,20). The van der Waals surface area contributed by atoms with Gasteiger partial charge in [-0.1, -0.05) is 12.1 Å². The number of alkyl halides is 4. The molecule has 2 amide bonds. The lowest BCUT2D eigenvalue weighted by Crippen LogP contribution is -2.42. The van der Waals surface area contributed by atoms with Crippen LogP contribution in [0.5, 0.6) is 0 Å². The van der Waals surface area contributed by atoms with Crippen LogP contribution in [0.4, 0.5) is 18.9 Å². The zero-order valence-electron chi connectivity index (χ0n) is 11.4. The van der Waals surface area contributed by atoms with Gasteiger partial charge in [-0.15, -0.1) is 11.6 Å². The third kappa shape index (κ3) is 4.35. The quantitative estimate of drug-likeness (QED) is 0.684. The topological polar surface area (TPSA) is 49.4 Å². The average molecular weight is 323 g/mol. The van der Waals surface area contributed by atoms with Crippen molar-refractivity contribution in [1.82, 2.24) is 5.32 Å². The number of hydrogen-bond donors (Lipinski definition) is 1. The Morgan fingerprint density at radius 1 is 1.33 bits per heavy atom. The van der Waals surface area contributed by atoms with Crippen molar-refractivity contribution in [2.24, 2.45) is 0 Å². The highest BCUT2D eigenvalue weighted by Gasteiger charge is 2.36. The van der Waals surface area contributed by atoms with E-state index < -0.39 is 29.4 Å². The maximum Gasteiger partial charge on any atom is 0.418 e. The largest absolute Gasteiger partial charge is 0.418 e. The Hall–Kier alpha value is -1.76. The molecule has 0 fully saturated rings. The molecule has 1 rings (SSSR count). The minimum Gasteiger partial charge on any atom is -0.338 e. The van der Waals surface area contributed by atoms with Gasteiger partial charge in [0.2, 0.25) is 11.8 Å². The zero-order chi connectivity index (χ0) is 16.2. The highest BCUT2D eigenvalue weighted by Crippen LogP contribution is 2.38. The van der Waals surface area contributed by atoms with Crippen LogP contribution in [-0.2, 0) is 15.8 Å². The summed E-state index contributed by atoms with van der Waals surface area (Å²) in [5.74, 6) is -1.69. The van der Waals surface area contributed by atoms with E-state index in [2.05, 4.69) is 5.32 Å². The summed E-state index contributed by atoms with van der Waals surface area (Å²) in [7, 11) is 0. The van der Waals surface area contributed by atoms with Crippen LogP contribution in [0.2, 0.25) is 0 Å². The van der Waals surface area contributed by atoms with Crippen molar-refractivity contribution in [3.8, 4) is 0 Å². The van der Waals surface area contributed by atoms with E-state index in [1.807, 2.05) is 0 Å². The van der Waals surface area contributed by atoms with Gasteiger partial charge in [-0.2, -0.15) is 13.2 Å². The second-order valence-electron chi connectivity index (χ2n) is 4.32. The van der Waals surface area contributed by atoms with Crippen LogP contribution in [0.25, 0.3) is 0 Å². The predicted octanol–water partition coefficient (Wildman–Crippen LogP) is 2.68. The van der Waals surface area contributed by atoms with E-state index in [1.165, 1.54) is 26.0 Å². The van der Waals surface area contributed by atoms with Gasteiger partial charge in [0.1, 0.15) is 5.88 Å². The van der Waals surface area contributed by atoms with Crippen LogP contribution in [0.3, 0.4) is 0 Å². The lowest BCUT2D eigenvalue weighted by atomic mass is 10.1. The van der Waals surface area contributed by atoms with Crippen molar-refractivity contribution in [1.29, 1.82) is 0 Å². The molecule has 0 radical (unpaired) electrons. The van der Waals surface area contributed by atoms with E-state index >= 15 is 0 Å². The molecule has 21 heavy (non-hydrogen) atoms. The number of amides is 2. The normalized spacial score (nSPS) is 11.1. The summed E-state index contributed by atoms with van der Waals surface area (Å²) in [6.07, 6.45) is -4.62. The summed E-state index contributed by atoms with van der Waals surface area (Å²) in [6, 6.07) is 3.58. The molecule has 1 N–H and O–H groups in total. The first kappa shape index (κ1) is 17.3. The Balaban J connectivity index is 3.36. The van der Waals surface area contributed by atoms with Gasteiger partial charge in [-0.05, 0) is 18.6 Å². The third-order valence-corrected chi connectivity index (χ3v) is 2.94. The Bertz CT molecular complexity index is 547. The van der Waals surface area contributed by atoms with E-state index in [4.69, 9.17) is 11.6 Å². The van der Waals surface area contributed by atoms with Crippen LogP contribution in [0.15, 0.2) is 18.2 Å². The fourth-order valence-electron chi connectivity index (χ4n) is 1.80. The molecule has 0 aliphatic carbocycles. The number of benzene rings is 1. The van der Waals surface area contributed by atoms with Gasteiger partial charge in [0.05, 0.1) is 17.9 Å². The minimum absolute atomic E-state index is 0.258. The highest BCUT2D eigenvalue weighted by atomic mass is 35.5. The summed E-state index contributed by atoms with van der Waals surface area (Å²) in [4.78, 5) is 23.6. The molecule has 1 aromatic carbocycles. The van der Waals surface area contributed by atoms with Gasteiger partial charge in [-0.25, -0.2) is 0 Å². The van der Waals surface area contributed by atoms with E-state index in [-0.39, 0.29) is 17.9 Å². The number of halogens is 4. The first-order valence-electron chi connectivity index (χ1n) is 5.96. The predicted molar refractivity (Wildman–Crippen MR) is 73.1 cm³/mol. The van der Waals surface area contributed by atoms with Crippen molar-refractivity contribution < 1.29 is 22.8 Å². The van der Waals surface area contributed by atoms with Gasteiger partial charge in [0.25, 0.3) is 0 Å². The molecular formula is C13H14ClF3N2O2. The number of nitrogens with one attached hydrogen (secondary N) is 1.